The molecule has 2 atom stereocenters. The van der Waals surface area contributed by atoms with E-state index in [1.54, 1.807) is 0 Å². The smallest absolute Gasteiger partial charge is 0.254 e. The van der Waals surface area contributed by atoms with E-state index in [0.717, 1.165) is 68.3 Å². The van der Waals surface area contributed by atoms with Gasteiger partial charge >= 0.3 is 0 Å². The first-order valence-corrected chi connectivity index (χ1v) is 11.0. The average molecular weight is 378 g/mol. The molecule has 26 heavy (non-hydrogen) atoms. The largest absolute Gasteiger partial charge is 0.494 e. The van der Waals surface area contributed by atoms with Gasteiger partial charge in [0.2, 0.25) is 0 Å². The Morgan fingerprint density at radius 3 is 2.73 bits per heavy atom. The molecule has 0 radical (unpaired) electrons. The Bertz CT molecular complexity index is 563. The van der Waals surface area contributed by atoms with Gasteiger partial charge in [0.05, 0.1) is 12.7 Å². The maximum Gasteiger partial charge on any atom is 0.254 e. The van der Waals surface area contributed by atoms with E-state index in [-0.39, 0.29) is 12.0 Å². The number of hydrogen-bond donors (Lipinski definition) is 0. The highest BCUT2D eigenvalue weighted by atomic mass is 32.2. The fraction of sp³-hybridized carbons (Fsp3) is 0.667. The van der Waals surface area contributed by atoms with E-state index in [9.17, 15) is 4.79 Å². The topological polar surface area (TPSA) is 38.8 Å². The molecule has 2 aliphatic rings. The molecule has 2 aliphatic heterocycles. The summed E-state index contributed by atoms with van der Waals surface area (Å²) in [4.78, 5) is 15.2. The molecule has 1 aromatic carbocycles. The van der Waals surface area contributed by atoms with E-state index < -0.39 is 0 Å². The SMILES string of the molecule is CC(C)CCOc1ccc(C(=O)N(CC2CCCO2)C2CCSC2)cc1. The molecule has 2 heterocycles. The van der Waals surface area contributed by atoms with Crippen molar-refractivity contribution in [3.63, 3.8) is 0 Å². The van der Waals surface area contributed by atoms with Crippen LogP contribution in [0.1, 0.15) is 49.9 Å². The summed E-state index contributed by atoms with van der Waals surface area (Å²) < 4.78 is 11.6. The molecule has 0 N–H and O–H groups in total. The molecule has 0 aromatic heterocycles. The van der Waals surface area contributed by atoms with Crippen molar-refractivity contribution in [2.24, 2.45) is 5.92 Å². The number of benzene rings is 1. The van der Waals surface area contributed by atoms with Gasteiger partial charge < -0.3 is 14.4 Å². The van der Waals surface area contributed by atoms with Crippen LogP contribution in [0.2, 0.25) is 0 Å². The fourth-order valence-corrected chi connectivity index (χ4v) is 4.67. The Hall–Kier alpha value is -1.20. The summed E-state index contributed by atoms with van der Waals surface area (Å²) in [5.41, 5.74) is 0.746. The van der Waals surface area contributed by atoms with Crippen molar-refractivity contribution in [2.75, 3.05) is 31.3 Å². The van der Waals surface area contributed by atoms with Gasteiger partial charge in [-0.25, -0.2) is 0 Å². The van der Waals surface area contributed by atoms with Crippen LogP contribution in [-0.4, -0.2) is 54.2 Å². The van der Waals surface area contributed by atoms with Crippen molar-refractivity contribution in [3.05, 3.63) is 29.8 Å². The molecule has 1 amide bonds. The van der Waals surface area contributed by atoms with Crippen LogP contribution in [0.5, 0.6) is 5.75 Å². The van der Waals surface area contributed by atoms with Crippen molar-refractivity contribution in [1.29, 1.82) is 0 Å². The number of hydrogen-bond acceptors (Lipinski definition) is 4. The predicted octanol–water partition coefficient (Wildman–Crippen LogP) is 4.24. The molecule has 0 aliphatic carbocycles. The van der Waals surface area contributed by atoms with Crippen LogP contribution >= 0.6 is 11.8 Å². The van der Waals surface area contributed by atoms with E-state index >= 15 is 0 Å². The zero-order valence-corrected chi connectivity index (χ0v) is 16.8. The minimum atomic E-state index is 0.127. The highest BCUT2D eigenvalue weighted by molar-refractivity contribution is 7.99. The molecule has 144 valence electrons. The molecule has 0 saturated carbocycles. The Kier molecular flexibility index (Phi) is 7.26. The van der Waals surface area contributed by atoms with Crippen molar-refractivity contribution in [1.82, 2.24) is 4.90 Å². The Morgan fingerprint density at radius 1 is 1.31 bits per heavy atom. The standard InChI is InChI=1S/C21H31NO3S/c1-16(2)9-12-25-19-7-5-17(6-8-19)21(23)22(18-10-13-26-15-18)14-20-4-3-11-24-20/h5-8,16,18,20H,3-4,9-15H2,1-2H3. The summed E-state index contributed by atoms with van der Waals surface area (Å²) in [5.74, 6) is 3.77. The van der Waals surface area contributed by atoms with Crippen LogP contribution in [0.15, 0.2) is 24.3 Å². The highest BCUT2D eigenvalue weighted by Gasteiger charge is 2.31. The molecule has 5 heteroatoms. The van der Waals surface area contributed by atoms with Crippen LogP contribution in [0.3, 0.4) is 0 Å². The Labute approximate surface area is 161 Å². The highest BCUT2D eigenvalue weighted by Crippen LogP contribution is 2.26. The molecule has 4 nitrogen and oxygen atoms in total. The first kappa shape index (κ1) is 19.6. The van der Waals surface area contributed by atoms with E-state index in [0.29, 0.717) is 12.0 Å². The second-order valence-corrected chi connectivity index (χ2v) is 8.82. The first-order chi connectivity index (χ1) is 12.6. The fourth-order valence-electron chi connectivity index (χ4n) is 3.45. The third kappa shape index (κ3) is 5.40. The second-order valence-electron chi connectivity index (χ2n) is 7.67. The molecular weight excluding hydrogens is 346 g/mol. The Balaban J connectivity index is 1.63. The first-order valence-electron chi connectivity index (χ1n) is 9.86. The van der Waals surface area contributed by atoms with E-state index in [2.05, 4.69) is 18.7 Å². The predicted molar refractivity (Wildman–Crippen MR) is 107 cm³/mol. The molecule has 0 spiro atoms. The molecular formula is C21H31NO3S. The summed E-state index contributed by atoms with van der Waals surface area (Å²) in [5, 5.41) is 0. The lowest BCUT2D eigenvalue weighted by atomic mass is 10.1. The van der Waals surface area contributed by atoms with Gasteiger partial charge in [-0.05, 0) is 61.6 Å². The van der Waals surface area contributed by atoms with Crippen molar-refractivity contribution >= 4 is 17.7 Å². The van der Waals surface area contributed by atoms with E-state index in [1.165, 1.54) is 0 Å². The molecule has 2 unspecified atom stereocenters. The second kappa shape index (κ2) is 9.65. The number of amides is 1. The van der Waals surface area contributed by atoms with Gasteiger partial charge in [-0.3, -0.25) is 4.79 Å². The Morgan fingerprint density at radius 2 is 2.12 bits per heavy atom. The zero-order chi connectivity index (χ0) is 18.4. The van der Waals surface area contributed by atoms with E-state index in [4.69, 9.17) is 9.47 Å². The summed E-state index contributed by atoms with van der Waals surface area (Å²) in [6, 6.07) is 7.97. The van der Waals surface area contributed by atoms with Crippen LogP contribution in [0.25, 0.3) is 0 Å². The van der Waals surface area contributed by atoms with Gasteiger partial charge in [-0.1, -0.05) is 13.8 Å². The van der Waals surface area contributed by atoms with Crippen LogP contribution < -0.4 is 4.74 Å². The maximum absolute atomic E-state index is 13.2. The molecule has 1 aromatic rings. The normalized spacial score (nSPS) is 22.7. The van der Waals surface area contributed by atoms with Gasteiger partial charge in [-0.2, -0.15) is 11.8 Å². The lowest BCUT2D eigenvalue weighted by Crippen LogP contribution is -2.44. The minimum Gasteiger partial charge on any atom is -0.494 e. The number of rotatable bonds is 8. The zero-order valence-electron chi connectivity index (χ0n) is 16.0. The van der Waals surface area contributed by atoms with Crippen molar-refractivity contribution in [2.45, 2.75) is 51.7 Å². The number of thioether (sulfide) groups is 1. The van der Waals surface area contributed by atoms with Crippen molar-refractivity contribution in [3.8, 4) is 5.75 Å². The number of carbonyl (C=O) groups is 1. The molecule has 2 saturated heterocycles. The summed E-state index contributed by atoms with van der Waals surface area (Å²) in [6.45, 7) is 6.64. The summed E-state index contributed by atoms with van der Waals surface area (Å²) in [6.07, 6.45) is 4.48. The third-order valence-corrected chi connectivity index (χ3v) is 6.24. The summed E-state index contributed by atoms with van der Waals surface area (Å²) in [7, 11) is 0. The van der Waals surface area contributed by atoms with Crippen LogP contribution in [-0.2, 0) is 4.74 Å². The molecule has 0 bridgehead atoms. The van der Waals surface area contributed by atoms with E-state index in [1.807, 2.05) is 36.0 Å². The lowest BCUT2D eigenvalue weighted by Gasteiger charge is -2.31. The van der Waals surface area contributed by atoms with Gasteiger partial charge in [0, 0.05) is 30.5 Å². The van der Waals surface area contributed by atoms with Crippen LogP contribution in [0, 0.1) is 5.92 Å². The summed E-state index contributed by atoms with van der Waals surface area (Å²) >= 11 is 1.94. The lowest BCUT2D eigenvalue weighted by molar-refractivity contribution is 0.0441. The van der Waals surface area contributed by atoms with Crippen LogP contribution in [0.4, 0.5) is 0 Å². The molecule has 2 fully saturated rings. The molecule has 3 rings (SSSR count). The van der Waals surface area contributed by atoms with Crippen molar-refractivity contribution < 1.29 is 14.3 Å². The van der Waals surface area contributed by atoms with Gasteiger partial charge in [0.15, 0.2) is 0 Å². The number of carbonyl (C=O) groups excluding carboxylic acids is 1. The third-order valence-electron chi connectivity index (χ3n) is 5.10. The van der Waals surface area contributed by atoms with Gasteiger partial charge in [0.25, 0.3) is 5.91 Å². The monoisotopic (exact) mass is 377 g/mol. The minimum absolute atomic E-state index is 0.127. The quantitative estimate of drug-likeness (QED) is 0.679. The maximum atomic E-state index is 13.2. The van der Waals surface area contributed by atoms with Gasteiger partial charge in [0.1, 0.15) is 5.75 Å². The average Bonchev–Trinajstić information content (AvgIpc) is 3.33. The van der Waals surface area contributed by atoms with Gasteiger partial charge in [-0.15, -0.1) is 0 Å². The number of nitrogens with zero attached hydrogens (tertiary/aromatic N) is 1. The number of ether oxygens (including phenoxy) is 2.